The van der Waals surface area contributed by atoms with Gasteiger partial charge in [-0.3, -0.25) is 4.98 Å². The van der Waals surface area contributed by atoms with Crippen LogP contribution in [0.4, 0.5) is 0 Å². The van der Waals surface area contributed by atoms with Gasteiger partial charge in [-0.1, -0.05) is 23.7 Å². The van der Waals surface area contributed by atoms with Crippen molar-refractivity contribution >= 4 is 27.5 Å². The Hall–Kier alpha value is -0.900. The summed E-state index contributed by atoms with van der Waals surface area (Å²) in [6.45, 7) is 1.97. The molecule has 17 heavy (non-hydrogen) atoms. The number of pyridine rings is 1. The molecule has 4 heteroatoms. The second-order valence-electron chi connectivity index (χ2n) is 3.86. The van der Waals surface area contributed by atoms with Crippen molar-refractivity contribution in [2.75, 3.05) is 0 Å². The molecule has 2 aromatic rings. The van der Waals surface area contributed by atoms with Crippen LogP contribution >= 0.6 is 27.5 Å². The van der Waals surface area contributed by atoms with Crippen LogP contribution in [-0.4, -0.2) is 4.98 Å². The fourth-order valence-electron chi connectivity index (χ4n) is 1.59. The highest BCUT2D eigenvalue weighted by atomic mass is 79.9. The molecule has 1 heterocycles. The van der Waals surface area contributed by atoms with Crippen molar-refractivity contribution in [2.45, 2.75) is 13.0 Å². The Balaban J connectivity index is 2.40. The lowest BCUT2D eigenvalue weighted by atomic mass is 10.0. The number of benzene rings is 1. The first-order valence-electron chi connectivity index (χ1n) is 5.21. The molecule has 88 valence electrons. The summed E-state index contributed by atoms with van der Waals surface area (Å²) in [5.74, 6) is 0. The number of nitrogens with two attached hydrogens (primary N) is 1. The number of aromatic nitrogens is 1. The summed E-state index contributed by atoms with van der Waals surface area (Å²) in [6, 6.07) is 9.36. The summed E-state index contributed by atoms with van der Waals surface area (Å²) in [6.07, 6.45) is 1.73. The highest BCUT2D eigenvalue weighted by Gasteiger charge is 2.14. The first-order chi connectivity index (χ1) is 8.09. The molecule has 0 saturated carbocycles. The van der Waals surface area contributed by atoms with E-state index in [1.807, 2.05) is 37.3 Å². The largest absolute Gasteiger partial charge is 0.319 e. The second kappa shape index (κ2) is 5.17. The summed E-state index contributed by atoms with van der Waals surface area (Å²) in [5.41, 5.74) is 9.00. The highest BCUT2D eigenvalue weighted by Crippen LogP contribution is 2.27. The van der Waals surface area contributed by atoms with Crippen molar-refractivity contribution in [1.29, 1.82) is 0 Å². The third kappa shape index (κ3) is 2.68. The van der Waals surface area contributed by atoms with E-state index in [-0.39, 0.29) is 6.04 Å². The summed E-state index contributed by atoms with van der Waals surface area (Å²) >= 11 is 9.55. The Morgan fingerprint density at radius 2 is 2.12 bits per heavy atom. The minimum atomic E-state index is -0.274. The third-order valence-electron chi connectivity index (χ3n) is 2.64. The van der Waals surface area contributed by atoms with Crippen LogP contribution in [0.15, 0.2) is 41.0 Å². The molecular weight excluding hydrogens is 300 g/mol. The van der Waals surface area contributed by atoms with Gasteiger partial charge < -0.3 is 5.73 Å². The molecule has 2 rings (SSSR count). The van der Waals surface area contributed by atoms with Crippen LogP contribution in [-0.2, 0) is 0 Å². The maximum Gasteiger partial charge on any atom is 0.0758 e. The smallest absolute Gasteiger partial charge is 0.0758 e. The number of hydrogen-bond acceptors (Lipinski definition) is 2. The second-order valence-corrected chi connectivity index (χ2v) is 5.12. The molecule has 1 atom stereocenters. The van der Waals surface area contributed by atoms with Gasteiger partial charge in [-0.15, -0.1) is 0 Å². The van der Waals surface area contributed by atoms with Crippen LogP contribution in [0, 0.1) is 6.92 Å². The van der Waals surface area contributed by atoms with Crippen LogP contribution < -0.4 is 5.73 Å². The average Bonchev–Trinajstić information content (AvgIpc) is 2.32. The van der Waals surface area contributed by atoms with Gasteiger partial charge in [-0.25, -0.2) is 0 Å². The first-order valence-corrected chi connectivity index (χ1v) is 6.38. The van der Waals surface area contributed by atoms with E-state index in [4.69, 9.17) is 17.3 Å². The van der Waals surface area contributed by atoms with Gasteiger partial charge in [0.1, 0.15) is 0 Å². The van der Waals surface area contributed by atoms with E-state index >= 15 is 0 Å². The molecular formula is C13H12BrClN2. The molecule has 0 spiro atoms. The van der Waals surface area contributed by atoms with Crippen molar-refractivity contribution in [1.82, 2.24) is 4.98 Å². The van der Waals surface area contributed by atoms with Gasteiger partial charge in [0.2, 0.25) is 0 Å². The van der Waals surface area contributed by atoms with Gasteiger partial charge in [0, 0.05) is 15.7 Å². The molecule has 2 nitrogen and oxygen atoms in total. The van der Waals surface area contributed by atoms with Crippen LogP contribution in [0.3, 0.4) is 0 Å². The monoisotopic (exact) mass is 310 g/mol. The topological polar surface area (TPSA) is 38.9 Å². The maximum atomic E-state index is 6.18. The van der Waals surface area contributed by atoms with Crippen molar-refractivity contribution in [3.63, 3.8) is 0 Å². The predicted molar refractivity (Wildman–Crippen MR) is 74.2 cm³/mol. The first kappa shape index (κ1) is 12.6. The zero-order valence-electron chi connectivity index (χ0n) is 9.32. The summed E-state index contributed by atoms with van der Waals surface area (Å²) < 4.78 is 0.907. The number of nitrogens with zero attached hydrogens (tertiary/aromatic N) is 1. The van der Waals surface area contributed by atoms with Crippen LogP contribution in [0.2, 0.25) is 5.02 Å². The van der Waals surface area contributed by atoms with E-state index in [1.165, 1.54) is 0 Å². The molecule has 1 unspecified atom stereocenters. The molecule has 0 bridgehead atoms. The molecule has 0 aliphatic heterocycles. The Kier molecular flexibility index (Phi) is 3.82. The van der Waals surface area contributed by atoms with Gasteiger partial charge >= 0.3 is 0 Å². The molecule has 1 aromatic carbocycles. The summed E-state index contributed by atoms with van der Waals surface area (Å²) in [4.78, 5) is 4.29. The van der Waals surface area contributed by atoms with Crippen molar-refractivity contribution in [3.8, 4) is 0 Å². The predicted octanol–water partition coefficient (Wildman–Crippen LogP) is 3.85. The van der Waals surface area contributed by atoms with E-state index in [0.29, 0.717) is 0 Å². The molecule has 0 radical (unpaired) electrons. The van der Waals surface area contributed by atoms with E-state index in [1.54, 1.807) is 6.20 Å². The van der Waals surface area contributed by atoms with Crippen LogP contribution in [0.5, 0.6) is 0 Å². The Bertz CT molecular complexity index is 543. The lowest BCUT2D eigenvalue weighted by Crippen LogP contribution is -2.14. The summed E-state index contributed by atoms with van der Waals surface area (Å²) in [7, 11) is 0. The third-order valence-corrected chi connectivity index (χ3v) is 3.71. The Morgan fingerprint density at radius 3 is 2.76 bits per heavy atom. The number of hydrogen-bond donors (Lipinski definition) is 1. The normalized spacial score (nSPS) is 12.5. The van der Waals surface area contributed by atoms with Crippen LogP contribution in [0.25, 0.3) is 0 Å². The molecule has 2 N–H and O–H groups in total. The standard InChI is InChI=1S/C13H12BrClN2/c1-8-4-5-9(7-11(8)15)12(16)13-10(14)3-2-6-17-13/h2-7,12H,16H2,1H3. The average molecular weight is 312 g/mol. The molecule has 0 aliphatic rings. The van der Waals surface area contributed by atoms with E-state index in [2.05, 4.69) is 20.9 Å². The fraction of sp³-hybridized carbons (Fsp3) is 0.154. The minimum Gasteiger partial charge on any atom is -0.319 e. The molecule has 1 aromatic heterocycles. The molecule has 0 aliphatic carbocycles. The van der Waals surface area contributed by atoms with Crippen molar-refractivity contribution in [2.24, 2.45) is 5.73 Å². The Labute approximate surface area is 114 Å². The number of rotatable bonds is 2. The van der Waals surface area contributed by atoms with Crippen molar-refractivity contribution < 1.29 is 0 Å². The van der Waals surface area contributed by atoms with Crippen molar-refractivity contribution in [3.05, 3.63) is 62.8 Å². The maximum absolute atomic E-state index is 6.18. The van der Waals surface area contributed by atoms with Gasteiger partial charge in [0.05, 0.1) is 11.7 Å². The van der Waals surface area contributed by atoms with Gasteiger partial charge in [0.25, 0.3) is 0 Å². The molecule has 0 fully saturated rings. The van der Waals surface area contributed by atoms with E-state index < -0.39 is 0 Å². The quantitative estimate of drug-likeness (QED) is 0.915. The molecule has 0 saturated heterocycles. The van der Waals surface area contributed by atoms with E-state index in [9.17, 15) is 0 Å². The Morgan fingerprint density at radius 1 is 1.35 bits per heavy atom. The SMILES string of the molecule is Cc1ccc(C(N)c2ncccc2Br)cc1Cl. The summed E-state index contributed by atoms with van der Waals surface area (Å²) in [5, 5.41) is 0.727. The number of aryl methyl sites for hydroxylation is 1. The highest BCUT2D eigenvalue weighted by molar-refractivity contribution is 9.10. The fourth-order valence-corrected chi connectivity index (χ4v) is 2.28. The van der Waals surface area contributed by atoms with E-state index in [0.717, 1.165) is 26.3 Å². The van der Waals surface area contributed by atoms with Gasteiger partial charge in [-0.05, 0) is 52.2 Å². The zero-order chi connectivity index (χ0) is 12.4. The number of halogens is 2. The lowest BCUT2D eigenvalue weighted by Gasteiger charge is -2.14. The van der Waals surface area contributed by atoms with Gasteiger partial charge in [-0.2, -0.15) is 0 Å². The minimum absolute atomic E-state index is 0.274. The molecule has 0 amide bonds. The van der Waals surface area contributed by atoms with Gasteiger partial charge in [0.15, 0.2) is 0 Å². The van der Waals surface area contributed by atoms with Crippen LogP contribution in [0.1, 0.15) is 22.9 Å². The lowest BCUT2D eigenvalue weighted by molar-refractivity contribution is 0.822. The zero-order valence-corrected chi connectivity index (χ0v) is 11.7.